The molecule has 4 aromatic rings. The Labute approximate surface area is 191 Å². The quantitative estimate of drug-likeness (QED) is 0.449. The van der Waals surface area contributed by atoms with Gasteiger partial charge in [-0.3, -0.25) is 9.52 Å². The zero-order valence-corrected chi connectivity index (χ0v) is 19.4. The normalized spacial score (nSPS) is 11.4. The number of nitrogens with zero attached hydrogens (tertiary/aromatic N) is 3. The number of fused-ring (bicyclic) bond motifs is 1. The molecule has 33 heavy (non-hydrogen) atoms. The molecule has 0 atom stereocenters. The summed E-state index contributed by atoms with van der Waals surface area (Å²) in [6.45, 7) is 3.81. The van der Waals surface area contributed by atoms with Gasteiger partial charge in [0.05, 0.1) is 19.1 Å². The second-order valence-corrected chi connectivity index (χ2v) is 9.39. The zero-order valence-electron chi connectivity index (χ0n) is 18.6. The Morgan fingerprint density at radius 1 is 1.06 bits per heavy atom. The van der Waals surface area contributed by atoms with Crippen molar-refractivity contribution in [1.29, 1.82) is 0 Å². The van der Waals surface area contributed by atoms with Gasteiger partial charge in [0.15, 0.2) is 5.82 Å². The van der Waals surface area contributed by atoms with E-state index in [4.69, 9.17) is 9.72 Å². The van der Waals surface area contributed by atoms with Crippen LogP contribution >= 0.6 is 0 Å². The molecule has 1 amide bonds. The third kappa shape index (κ3) is 4.80. The molecule has 170 valence electrons. The molecule has 0 saturated heterocycles. The van der Waals surface area contributed by atoms with E-state index in [2.05, 4.69) is 15.1 Å². The predicted molar refractivity (Wildman–Crippen MR) is 128 cm³/mol. The predicted octanol–water partition coefficient (Wildman–Crippen LogP) is 3.67. The Hall–Kier alpha value is -3.92. The van der Waals surface area contributed by atoms with E-state index in [0.29, 0.717) is 39.8 Å². The smallest absolute Gasteiger partial charge is 0.256 e. The molecule has 2 aromatic heterocycles. The number of sulfonamides is 1. The van der Waals surface area contributed by atoms with Crippen molar-refractivity contribution in [2.45, 2.75) is 13.8 Å². The molecule has 10 heteroatoms. The highest BCUT2D eigenvalue weighted by atomic mass is 32.2. The maximum absolute atomic E-state index is 12.9. The highest BCUT2D eigenvalue weighted by Gasteiger charge is 2.16. The first-order valence-corrected chi connectivity index (χ1v) is 11.9. The van der Waals surface area contributed by atoms with E-state index >= 15 is 0 Å². The van der Waals surface area contributed by atoms with Gasteiger partial charge in [-0.1, -0.05) is 12.1 Å². The third-order valence-electron chi connectivity index (χ3n) is 4.96. The molecule has 9 nitrogen and oxygen atoms in total. The number of aryl methyl sites for hydroxylation is 2. The minimum Gasteiger partial charge on any atom is -0.494 e. The summed E-state index contributed by atoms with van der Waals surface area (Å²) in [5.74, 6) is 1.28. The van der Waals surface area contributed by atoms with Crippen molar-refractivity contribution in [3.63, 3.8) is 0 Å². The number of amides is 1. The van der Waals surface area contributed by atoms with Gasteiger partial charge < -0.3 is 10.1 Å². The van der Waals surface area contributed by atoms with Crippen molar-refractivity contribution in [3.05, 3.63) is 71.4 Å². The van der Waals surface area contributed by atoms with E-state index in [1.165, 1.54) is 12.1 Å². The maximum atomic E-state index is 12.9. The molecular formula is C23H23N5O4S. The highest BCUT2D eigenvalue weighted by Crippen LogP contribution is 2.28. The van der Waals surface area contributed by atoms with E-state index in [1.54, 1.807) is 30.0 Å². The van der Waals surface area contributed by atoms with Crippen molar-refractivity contribution < 1.29 is 17.9 Å². The summed E-state index contributed by atoms with van der Waals surface area (Å²) < 4.78 is 32.1. The second-order valence-electron chi connectivity index (χ2n) is 7.64. The van der Waals surface area contributed by atoms with Crippen molar-refractivity contribution >= 4 is 38.3 Å². The molecule has 0 radical (unpaired) electrons. The monoisotopic (exact) mass is 465 g/mol. The lowest BCUT2D eigenvalue weighted by Crippen LogP contribution is -2.16. The van der Waals surface area contributed by atoms with E-state index in [0.717, 1.165) is 17.2 Å². The van der Waals surface area contributed by atoms with Crippen LogP contribution in [0.5, 0.6) is 5.75 Å². The minimum atomic E-state index is -3.39. The van der Waals surface area contributed by atoms with Gasteiger partial charge in [0.2, 0.25) is 10.0 Å². The number of carbonyl (C=O) groups is 1. The number of rotatable bonds is 6. The number of nitrogens with one attached hydrogen (secondary N) is 2. The van der Waals surface area contributed by atoms with Crippen molar-refractivity contribution in [1.82, 2.24) is 14.8 Å². The first-order valence-electron chi connectivity index (χ1n) is 10.1. The van der Waals surface area contributed by atoms with Crippen LogP contribution in [-0.2, 0) is 10.0 Å². The fourth-order valence-corrected chi connectivity index (χ4v) is 4.07. The van der Waals surface area contributed by atoms with Crippen LogP contribution in [0.3, 0.4) is 0 Å². The van der Waals surface area contributed by atoms with E-state index in [-0.39, 0.29) is 5.91 Å². The van der Waals surface area contributed by atoms with Crippen molar-refractivity contribution in [3.8, 4) is 11.6 Å². The fourth-order valence-electron chi connectivity index (χ4n) is 3.50. The van der Waals surface area contributed by atoms with E-state index in [9.17, 15) is 13.2 Å². The van der Waals surface area contributed by atoms with Crippen LogP contribution in [0.4, 0.5) is 11.5 Å². The number of ether oxygens (including phenoxy) is 1. The molecule has 4 rings (SSSR count). The number of anilines is 2. The van der Waals surface area contributed by atoms with E-state index < -0.39 is 10.0 Å². The number of benzene rings is 2. The number of hydrogen-bond donors (Lipinski definition) is 2. The summed E-state index contributed by atoms with van der Waals surface area (Å²) >= 11 is 0. The van der Waals surface area contributed by atoms with Gasteiger partial charge in [0, 0.05) is 22.7 Å². The van der Waals surface area contributed by atoms with Crippen molar-refractivity contribution in [2.75, 3.05) is 23.4 Å². The summed E-state index contributed by atoms with van der Waals surface area (Å²) in [5, 5.41) is 8.34. The number of para-hydroxylation sites is 1. The lowest BCUT2D eigenvalue weighted by molar-refractivity contribution is 0.102. The SMILES string of the molecule is COc1cccc2c(C)cc(-n3nc(C)cc3NC(=O)c3ccc(NS(C)(=O)=O)cc3)nc12. The van der Waals surface area contributed by atoms with Crippen LogP contribution in [0.15, 0.2) is 54.6 Å². The van der Waals surface area contributed by atoms with Gasteiger partial charge in [0.25, 0.3) is 5.91 Å². The lowest BCUT2D eigenvalue weighted by Gasteiger charge is -2.12. The van der Waals surface area contributed by atoms with Gasteiger partial charge >= 0.3 is 0 Å². The Morgan fingerprint density at radius 3 is 2.45 bits per heavy atom. The first-order chi connectivity index (χ1) is 15.6. The molecule has 2 aromatic carbocycles. The van der Waals surface area contributed by atoms with Gasteiger partial charge in [-0.2, -0.15) is 9.78 Å². The highest BCUT2D eigenvalue weighted by molar-refractivity contribution is 7.92. The van der Waals surface area contributed by atoms with Gasteiger partial charge in [-0.15, -0.1) is 0 Å². The molecule has 0 bridgehead atoms. The topological polar surface area (TPSA) is 115 Å². The average Bonchev–Trinajstić information content (AvgIpc) is 3.12. The molecule has 2 N–H and O–H groups in total. The number of carbonyl (C=O) groups excluding carboxylic acids is 1. The van der Waals surface area contributed by atoms with E-state index in [1.807, 2.05) is 38.1 Å². The standard InChI is InChI=1S/C23H23N5O4S/c1-14-12-20(24-22-18(14)6-5-7-19(22)32-3)28-21(13-15(2)26-28)25-23(29)16-8-10-17(11-9-16)27-33(4,30)31/h5-13,27H,1-4H3,(H,25,29). The molecule has 0 saturated carbocycles. The first kappa shape index (κ1) is 22.3. The molecule has 0 aliphatic heterocycles. The summed E-state index contributed by atoms with van der Waals surface area (Å²) in [6, 6.07) is 15.5. The Morgan fingerprint density at radius 2 is 1.79 bits per heavy atom. The molecular weight excluding hydrogens is 442 g/mol. The Bertz CT molecular complexity index is 1460. The number of aromatic nitrogens is 3. The summed E-state index contributed by atoms with van der Waals surface area (Å²) in [4.78, 5) is 17.6. The summed E-state index contributed by atoms with van der Waals surface area (Å²) in [7, 11) is -1.80. The molecule has 0 aliphatic carbocycles. The van der Waals surface area contributed by atoms with Crippen LogP contribution in [0.2, 0.25) is 0 Å². The molecule has 0 aliphatic rings. The number of hydrogen-bond acceptors (Lipinski definition) is 6. The summed E-state index contributed by atoms with van der Waals surface area (Å²) in [5.41, 5.74) is 3.14. The summed E-state index contributed by atoms with van der Waals surface area (Å²) in [6.07, 6.45) is 1.06. The third-order valence-corrected chi connectivity index (χ3v) is 5.56. The van der Waals surface area contributed by atoms with Crippen LogP contribution in [0.25, 0.3) is 16.7 Å². The van der Waals surface area contributed by atoms with Gasteiger partial charge in [-0.05, 0) is 55.8 Å². The largest absolute Gasteiger partial charge is 0.494 e. The molecule has 0 spiro atoms. The Kier molecular flexibility index (Phi) is 5.77. The molecule has 0 unspecified atom stereocenters. The minimum absolute atomic E-state index is 0.364. The number of methoxy groups -OCH3 is 1. The second kappa shape index (κ2) is 8.55. The van der Waals surface area contributed by atoms with Crippen LogP contribution < -0.4 is 14.8 Å². The van der Waals surface area contributed by atoms with Gasteiger partial charge in [0.1, 0.15) is 17.1 Å². The molecule has 0 fully saturated rings. The fraction of sp³-hybridized carbons (Fsp3) is 0.174. The lowest BCUT2D eigenvalue weighted by atomic mass is 10.1. The maximum Gasteiger partial charge on any atom is 0.256 e. The van der Waals surface area contributed by atoms with Crippen LogP contribution in [0.1, 0.15) is 21.6 Å². The average molecular weight is 466 g/mol. The van der Waals surface area contributed by atoms with Crippen LogP contribution in [0, 0.1) is 13.8 Å². The van der Waals surface area contributed by atoms with Gasteiger partial charge in [-0.25, -0.2) is 13.4 Å². The molecule has 2 heterocycles. The Balaban J connectivity index is 1.67. The van der Waals surface area contributed by atoms with Crippen LogP contribution in [-0.4, -0.2) is 42.5 Å². The van der Waals surface area contributed by atoms with Crippen molar-refractivity contribution in [2.24, 2.45) is 0 Å². The number of pyridine rings is 1. The zero-order chi connectivity index (χ0) is 23.8.